The third kappa shape index (κ3) is 1.86. The van der Waals surface area contributed by atoms with Crippen LogP contribution in [0.2, 0.25) is 0 Å². The quantitative estimate of drug-likeness (QED) is 0.735. The summed E-state index contributed by atoms with van der Waals surface area (Å²) < 4.78 is 1.72. The average Bonchev–Trinajstić information content (AvgIpc) is 2.66. The van der Waals surface area contributed by atoms with Gasteiger partial charge in [0.25, 0.3) is 5.56 Å². The Morgan fingerprint density at radius 1 is 1.47 bits per heavy atom. The number of nitrogens with zero attached hydrogens (tertiary/aromatic N) is 3. The minimum atomic E-state index is -0.129. The molecule has 0 unspecified atom stereocenters. The van der Waals surface area contributed by atoms with Crippen molar-refractivity contribution < 1.29 is 0 Å². The van der Waals surface area contributed by atoms with Crippen molar-refractivity contribution in [2.75, 3.05) is 0 Å². The third-order valence-corrected chi connectivity index (χ3v) is 2.10. The molecule has 2 N–H and O–H groups in total. The topological polar surface area (TPSA) is 79.4 Å². The molecule has 0 aromatic carbocycles. The Bertz CT molecular complexity index is 581. The van der Waals surface area contributed by atoms with Gasteiger partial charge in [-0.3, -0.25) is 15.0 Å². The second-order valence-electron chi connectivity index (χ2n) is 2.89. The second-order valence-corrected chi connectivity index (χ2v) is 3.27. The van der Waals surface area contributed by atoms with E-state index in [9.17, 15) is 4.79 Å². The summed E-state index contributed by atoms with van der Waals surface area (Å²) in [4.78, 5) is 15.3. The standard InChI is InChI=1S/C8H9N5OS/c1-2-13-6(14)4-3-5(12-13)7-9-8(15)11-10-7/h3-4H,2H2,1H3,(H2,9,10,11,15). The van der Waals surface area contributed by atoms with Gasteiger partial charge in [0.05, 0.1) is 0 Å². The highest BCUT2D eigenvalue weighted by atomic mass is 32.1. The zero-order valence-corrected chi connectivity index (χ0v) is 8.84. The van der Waals surface area contributed by atoms with Crippen molar-refractivity contribution in [2.45, 2.75) is 13.5 Å². The van der Waals surface area contributed by atoms with E-state index >= 15 is 0 Å². The maximum atomic E-state index is 11.3. The first-order chi connectivity index (χ1) is 7.20. The van der Waals surface area contributed by atoms with Crippen LogP contribution in [0.4, 0.5) is 0 Å². The number of aryl methyl sites for hydroxylation is 1. The monoisotopic (exact) mass is 223 g/mol. The van der Waals surface area contributed by atoms with Gasteiger partial charge in [0.15, 0.2) is 5.82 Å². The highest BCUT2D eigenvalue weighted by Gasteiger charge is 2.04. The van der Waals surface area contributed by atoms with Crippen molar-refractivity contribution in [1.82, 2.24) is 25.0 Å². The van der Waals surface area contributed by atoms with Gasteiger partial charge in [-0.25, -0.2) is 4.68 Å². The van der Waals surface area contributed by atoms with E-state index in [1.54, 1.807) is 6.07 Å². The molecular weight excluding hydrogens is 214 g/mol. The molecule has 0 spiro atoms. The summed E-state index contributed by atoms with van der Waals surface area (Å²) in [5.74, 6) is 0.530. The van der Waals surface area contributed by atoms with Crippen LogP contribution in [-0.4, -0.2) is 25.0 Å². The fraction of sp³-hybridized carbons (Fsp3) is 0.250. The van der Waals surface area contributed by atoms with Crippen molar-refractivity contribution in [3.63, 3.8) is 0 Å². The Hall–Kier alpha value is -1.76. The van der Waals surface area contributed by atoms with Crippen LogP contribution in [0.1, 0.15) is 6.92 Å². The minimum Gasteiger partial charge on any atom is -0.280 e. The van der Waals surface area contributed by atoms with Crippen LogP contribution in [0.15, 0.2) is 16.9 Å². The Kier molecular flexibility index (Phi) is 2.46. The third-order valence-electron chi connectivity index (χ3n) is 1.91. The lowest BCUT2D eigenvalue weighted by Gasteiger charge is -2.00. The summed E-state index contributed by atoms with van der Waals surface area (Å²) in [6, 6.07) is 3.06. The molecule has 15 heavy (non-hydrogen) atoms. The number of H-pyrrole nitrogens is 2. The van der Waals surface area contributed by atoms with Crippen LogP contribution in [0.3, 0.4) is 0 Å². The van der Waals surface area contributed by atoms with E-state index in [0.717, 1.165) is 0 Å². The predicted molar refractivity (Wildman–Crippen MR) is 56.9 cm³/mol. The van der Waals surface area contributed by atoms with Gasteiger partial charge in [0, 0.05) is 12.6 Å². The molecular formula is C8H9N5OS. The molecule has 2 aromatic rings. The molecule has 2 aromatic heterocycles. The summed E-state index contributed by atoms with van der Waals surface area (Å²) in [5.41, 5.74) is 0.458. The van der Waals surface area contributed by atoms with Gasteiger partial charge < -0.3 is 0 Å². The van der Waals surface area contributed by atoms with Crippen LogP contribution in [0.25, 0.3) is 11.5 Å². The fourth-order valence-corrected chi connectivity index (χ4v) is 1.34. The Labute approximate surface area is 90.0 Å². The number of hydrogen-bond acceptors (Lipinski definition) is 4. The number of hydrogen-bond donors (Lipinski definition) is 2. The van der Waals surface area contributed by atoms with Crippen molar-refractivity contribution in [3.05, 3.63) is 27.3 Å². The van der Waals surface area contributed by atoms with Crippen LogP contribution < -0.4 is 5.56 Å². The zero-order valence-electron chi connectivity index (χ0n) is 8.02. The van der Waals surface area contributed by atoms with Gasteiger partial charge in [-0.05, 0) is 25.2 Å². The molecule has 2 rings (SSSR count). The first kappa shape index (κ1) is 9.78. The normalized spacial score (nSPS) is 10.5. The molecule has 0 aliphatic rings. The van der Waals surface area contributed by atoms with Crippen LogP contribution in [0, 0.1) is 4.77 Å². The summed E-state index contributed by atoms with van der Waals surface area (Å²) in [6.07, 6.45) is 0. The number of rotatable bonds is 2. The first-order valence-corrected chi connectivity index (χ1v) is 4.84. The lowest BCUT2D eigenvalue weighted by Crippen LogP contribution is -2.21. The SMILES string of the molecule is CCn1nc(-c2nc(=S)[nH][nH]2)ccc1=O. The van der Waals surface area contributed by atoms with Gasteiger partial charge in [0.2, 0.25) is 4.77 Å². The van der Waals surface area contributed by atoms with Crippen LogP contribution in [0.5, 0.6) is 0 Å². The first-order valence-electron chi connectivity index (χ1n) is 4.44. The van der Waals surface area contributed by atoms with Crippen molar-refractivity contribution in [1.29, 1.82) is 0 Å². The molecule has 0 saturated heterocycles. The van der Waals surface area contributed by atoms with E-state index < -0.39 is 0 Å². The van der Waals surface area contributed by atoms with Gasteiger partial charge in [-0.15, -0.1) is 0 Å². The predicted octanol–water partition coefficient (Wildman–Crippen LogP) is 0.711. The van der Waals surface area contributed by atoms with Gasteiger partial charge in [-0.1, -0.05) is 0 Å². The minimum absolute atomic E-state index is 0.129. The molecule has 0 atom stereocenters. The lowest BCUT2D eigenvalue weighted by molar-refractivity contribution is 0.617. The number of nitrogens with one attached hydrogen (secondary N) is 2. The van der Waals surface area contributed by atoms with E-state index in [1.807, 2.05) is 6.92 Å². The van der Waals surface area contributed by atoms with Crippen LogP contribution in [-0.2, 0) is 6.54 Å². The van der Waals surface area contributed by atoms with Gasteiger partial charge in [-0.2, -0.15) is 10.1 Å². The Balaban J connectivity index is 2.54. The largest absolute Gasteiger partial charge is 0.280 e. The highest BCUT2D eigenvalue weighted by Crippen LogP contribution is 2.07. The fourth-order valence-electron chi connectivity index (χ4n) is 1.19. The molecule has 0 aliphatic heterocycles. The lowest BCUT2D eigenvalue weighted by atomic mass is 10.4. The van der Waals surface area contributed by atoms with Crippen molar-refractivity contribution in [2.24, 2.45) is 0 Å². The Morgan fingerprint density at radius 3 is 2.87 bits per heavy atom. The summed E-state index contributed by atoms with van der Waals surface area (Å²) >= 11 is 4.83. The van der Waals surface area contributed by atoms with E-state index in [0.29, 0.717) is 22.8 Å². The van der Waals surface area contributed by atoms with Crippen molar-refractivity contribution in [3.8, 4) is 11.5 Å². The Morgan fingerprint density at radius 2 is 2.27 bits per heavy atom. The smallest absolute Gasteiger partial charge is 0.266 e. The molecule has 0 bridgehead atoms. The number of aromatic nitrogens is 5. The molecule has 0 saturated carbocycles. The molecule has 2 heterocycles. The molecule has 7 heteroatoms. The maximum absolute atomic E-state index is 11.3. The summed E-state index contributed by atoms with van der Waals surface area (Å²) in [5, 5.41) is 9.56. The summed E-state index contributed by atoms with van der Waals surface area (Å²) in [6.45, 7) is 2.38. The van der Waals surface area contributed by atoms with Gasteiger partial charge >= 0.3 is 0 Å². The molecule has 0 radical (unpaired) electrons. The van der Waals surface area contributed by atoms with E-state index in [4.69, 9.17) is 12.2 Å². The van der Waals surface area contributed by atoms with E-state index in [1.165, 1.54) is 10.7 Å². The van der Waals surface area contributed by atoms with E-state index in [-0.39, 0.29) is 5.56 Å². The summed E-state index contributed by atoms with van der Waals surface area (Å²) in [7, 11) is 0. The van der Waals surface area contributed by atoms with Gasteiger partial charge in [0.1, 0.15) is 5.69 Å². The molecule has 6 nitrogen and oxygen atoms in total. The van der Waals surface area contributed by atoms with Crippen LogP contribution >= 0.6 is 12.2 Å². The average molecular weight is 223 g/mol. The van der Waals surface area contributed by atoms with E-state index in [2.05, 4.69) is 20.3 Å². The van der Waals surface area contributed by atoms with Crippen molar-refractivity contribution >= 4 is 12.2 Å². The molecule has 0 amide bonds. The molecule has 78 valence electrons. The second kappa shape index (κ2) is 3.77. The molecule has 0 aliphatic carbocycles. The highest BCUT2D eigenvalue weighted by molar-refractivity contribution is 7.71. The maximum Gasteiger partial charge on any atom is 0.266 e. The molecule has 0 fully saturated rings. The zero-order chi connectivity index (χ0) is 10.8. The number of aromatic amines is 2.